The van der Waals surface area contributed by atoms with Crippen LogP contribution in [0.3, 0.4) is 0 Å². The smallest absolute Gasteiger partial charge is 0.290 e. The van der Waals surface area contributed by atoms with E-state index in [1.807, 2.05) is 0 Å². The van der Waals surface area contributed by atoms with Gasteiger partial charge in [-0.15, -0.1) is 0 Å². The minimum absolute atomic E-state index is 0.348. The molecule has 0 saturated carbocycles. The lowest BCUT2D eigenvalue weighted by Crippen LogP contribution is -2.29. The van der Waals surface area contributed by atoms with Crippen molar-refractivity contribution in [2.24, 2.45) is 0 Å². The molecule has 2 saturated heterocycles. The van der Waals surface area contributed by atoms with E-state index < -0.39 is 0 Å². The molecule has 7 nitrogen and oxygen atoms in total. The first kappa shape index (κ1) is 14.6. The SMILES string of the molecule is C=C1CCN(c2nccc(/C=C3\SC(=O)NC3=O)n2)CCN1. The molecule has 2 aliphatic rings. The van der Waals surface area contributed by atoms with Gasteiger partial charge in [-0.3, -0.25) is 14.9 Å². The molecule has 0 aromatic carbocycles. The molecule has 0 radical (unpaired) electrons. The van der Waals surface area contributed by atoms with E-state index >= 15 is 0 Å². The first-order chi connectivity index (χ1) is 10.6. The molecule has 3 rings (SSSR count). The predicted molar refractivity (Wildman–Crippen MR) is 85.1 cm³/mol. The fraction of sp³-hybridized carbons (Fsp3) is 0.286. The summed E-state index contributed by atoms with van der Waals surface area (Å²) in [5.41, 5.74) is 1.62. The molecule has 22 heavy (non-hydrogen) atoms. The summed E-state index contributed by atoms with van der Waals surface area (Å²) < 4.78 is 0. The highest BCUT2D eigenvalue weighted by Gasteiger charge is 2.25. The Balaban J connectivity index is 1.80. The largest absolute Gasteiger partial charge is 0.387 e. The molecule has 2 amide bonds. The van der Waals surface area contributed by atoms with Crippen LogP contribution in [-0.4, -0.2) is 40.7 Å². The number of nitrogens with zero attached hydrogens (tertiary/aromatic N) is 3. The molecular formula is C14H15N5O2S. The monoisotopic (exact) mass is 317 g/mol. The number of rotatable bonds is 2. The highest BCUT2D eigenvalue weighted by Crippen LogP contribution is 2.25. The van der Waals surface area contributed by atoms with Crippen LogP contribution in [0.5, 0.6) is 0 Å². The zero-order valence-electron chi connectivity index (χ0n) is 11.8. The van der Waals surface area contributed by atoms with Crippen molar-refractivity contribution in [1.82, 2.24) is 20.6 Å². The molecule has 0 unspecified atom stereocenters. The second-order valence-corrected chi connectivity index (χ2v) is 5.92. The zero-order valence-corrected chi connectivity index (χ0v) is 12.7. The van der Waals surface area contributed by atoms with Gasteiger partial charge in [0.1, 0.15) is 0 Å². The van der Waals surface area contributed by atoms with Crippen LogP contribution in [0.2, 0.25) is 0 Å². The Morgan fingerprint density at radius 3 is 3.00 bits per heavy atom. The van der Waals surface area contributed by atoms with Gasteiger partial charge in [0.25, 0.3) is 11.1 Å². The first-order valence-corrected chi connectivity index (χ1v) is 7.68. The fourth-order valence-electron chi connectivity index (χ4n) is 2.19. The third kappa shape index (κ3) is 3.28. The lowest BCUT2D eigenvalue weighted by Gasteiger charge is -2.19. The number of aromatic nitrogens is 2. The number of anilines is 1. The van der Waals surface area contributed by atoms with Crippen molar-refractivity contribution < 1.29 is 9.59 Å². The Labute approximate surface area is 131 Å². The molecule has 0 spiro atoms. The lowest BCUT2D eigenvalue weighted by atomic mass is 10.3. The second kappa shape index (κ2) is 6.18. The summed E-state index contributed by atoms with van der Waals surface area (Å²) >= 11 is 0.879. The van der Waals surface area contributed by atoms with Crippen molar-refractivity contribution in [2.75, 3.05) is 24.5 Å². The summed E-state index contributed by atoms with van der Waals surface area (Å²) in [4.78, 5) is 33.9. The van der Waals surface area contributed by atoms with E-state index in [0.29, 0.717) is 16.5 Å². The van der Waals surface area contributed by atoms with Crippen LogP contribution in [0.25, 0.3) is 6.08 Å². The van der Waals surface area contributed by atoms with Crippen molar-refractivity contribution >= 4 is 34.9 Å². The molecule has 2 fully saturated rings. The summed E-state index contributed by atoms with van der Waals surface area (Å²) in [5.74, 6) is 0.228. The van der Waals surface area contributed by atoms with E-state index in [1.54, 1.807) is 18.3 Å². The minimum Gasteiger partial charge on any atom is -0.387 e. The van der Waals surface area contributed by atoms with Gasteiger partial charge >= 0.3 is 0 Å². The zero-order chi connectivity index (χ0) is 15.5. The van der Waals surface area contributed by atoms with Crippen LogP contribution in [0.1, 0.15) is 12.1 Å². The van der Waals surface area contributed by atoms with Crippen molar-refractivity contribution in [3.63, 3.8) is 0 Å². The molecule has 0 atom stereocenters. The quantitative estimate of drug-likeness (QED) is 0.790. The van der Waals surface area contributed by atoms with Crippen molar-refractivity contribution in [2.45, 2.75) is 6.42 Å². The summed E-state index contributed by atoms with van der Waals surface area (Å²) in [6, 6.07) is 1.71. The van der Waals surface area contributed by atoms with Crippen molar-refractivity contribution in [3.05, 3.63) is 35.1 Å². The highest BCUT2D eigenvalue weighted by atomic mass is 32.2. The van der Waals surface area contributed by atoms with Gasteiger partial charge in [0.05, 0.1) is 10.6 Å². The molecule has 1 aromatic rings. The van der Waals surface area contributed by atoms with Crippen LogP contribution < -0.4 is 15.5 Å². The Morgan fingerprint density at radius 2 is 2.23 bits per heavy atom. The third-order valence-corrected chi connectivity index (χ3v) is 4.12. The van der Waals surface area contributed by atoms with E-state index in [1.165, 1.54) is 0 Å². The molecule has 2 aliphatic heterocycles. The van der Waals surface area contributed by atoms with Gasteiger partial charge in [-0.25, -0.2) is 9.97 Å². The van der Waals surface area contributed by atoms with Gasteiger partial charge in [-0.2, -0.15) is 0 Å². The van der Waals surface area contributed by atoms with Crippen LogP contribution in [0, 0.1) is 0 Å². The summed E-state index contributed by atoms with van der Waals surface area (Å²) in [5, 5.41) is 5.10. The maximum atomic E-state index is 11.6. The molecule has 3 heterocycles. The highest BCUT2D eigenvalue weighted by molar-refractivity contribution is 8.18. The molecule has 1 aromatic heterocycles. The first-order valence-electron chi connectivity index (χ1n) is 6.86. The minimum atomic E-state index is -0.384. The number of hydrogen-bond donors (Lipinski definition) is 2. The van der Waals surface area contributed by atoms with E-state index in [0.717, 1.165) is 43.5 Å². The molecule has 114 valence electrons. The standard InChI is InChI=1S/C14H15N5O2S/c1-9-3-6-19(7-5-15-9)13-16-4-2-10(17-13)8-11-12(20)18-14(21)22-11/h2,4,8,15H,1,3,5-7H2,(H,18,20,21)/b11-8-. The average Bonchev–Trinajstić information content (AvgIpc) is 2.69. The number of imide groups is 1. The van der Waals surface area contributed by atoms with E-state index in [-0.39, 0.29) is 11.1 Å². The van der Waals surface area contributed by atoms with Gasteiger partial charge in [0.15, 0.2) is 0 Å². The van der Waals surface area contributed by atoms with Gasteiger partial charge in [-0.1, -0.05) is 6.58 Å². The van der Waals surface area contributed by atoms with E-state index in [4.69, 9.17) is 0 Å². The lowest BCUT2D eigenvalue weighted by molar-refractivity contribution is -0.115. The van der Waals surface area contributed by atoms with Gasteiger partial charge in [-0.05, 0) is 23.9 Å². The van der Waals surface area contributed by atoms with Crippen molar-refractivity contribution in [3.8, 4) is 0 Å². The summed E-state index contributed by atoms with van der Waals surface area (Å²) in [7, 11) is 0. The molecular weight excluding hydrogens is 302 g/mol. The van der Waals surface area contributed by atoms with Crippen LogP contribution in [0.4, 0.5) is 10.7 Å². The second-order valence-electron chi connectivity index (χ2n) is 4.90. The van der Waals surface area contributed by atoms with Gasteiger partial charge in [0, 0.05) is 37.9 Å². The average molecular weight is 317 g/mol. The predicted octanol–water partition coefficient (Wildman–Crippen LogP) is 1.11. The normalized spacial score (nSPS) is 20.8. The third-order valence-electron chi connectivity index (χ3n) is 3.31. The van der Waals surface area contributed by atoms with Gasteiger partial charge < -0.3 is 10.2 Å². The number of hydrogen-bond acceptors (Lipinski definition) is 7. The van der Waals surface area contributed by atoms with Crippen LogP contribution in [-0.2, 0) is 4.79 Å². The Kier molecular flexibility index (Phi) is 4.10. The maximum absolute atomic E-state index is 11.6. The molecule has 0 aliphatic carbocycles. The summed E-state index contributed by atoms with van der Waals surface area (Å²) in [6.07, 6.45) is 4.09. The number of nitrogens with one attached hydrogen (secondary N) is 2. The Bertz CT molecular complexity index is 673. The van der Waals surface area contributed by atoms with Gasteiger partial charge in [0.2, 0.25) is 5.95 Å². The Morgan fingerprint density at radius 1 is 1.36 bits per heavy atom. The molecule has 2 N–H and O–H groups in total. The van der Waals surface area contributed by atoms with Crippen LogP contribution >= 0.6 is 11.8 Å². The van der Waals surface area contributed by atoms with E-state index in [2.05, 4.69) is 32.1 Å². The van der Waals surface area contributed by atoms with Crippen LogP contribution in [0.15, 0.2) is 29.4 Å². The fourth-order valence-corrected chi connectivity index (χ4v) is 2.85. The molecule has 8 heteroatoms. The van der Waals surface area contributed by atoms with E-state index in [9.17, 15) is 9.59 Å². The Hall–Kier alpha value is -2.35. The number of amides is 2. The maximum Gasteiger partial charge on any atom is 0.290 e. The number of carbonyl (C=O) groups is 2. The van der Waals surface area contributed by atoms with Crippen molar-refractivity contribution in [1.29, 1.82) is 0 Å². The molecule has 0 bridgehead atoms. The topological polar surface area (TPSA) is 87.2 Å². The number of carbonyl (C=O) groups excluding carboxylic acids is 2. The number of thioether (sulfide) groups is 1. The summed E-state index contributed by atoms with van der Waals surface area (Å²) in [6.45, 7) is 6.30.